The second kappa shape index (κ2) is 5.92. The summed E-state index contributed by atoms with van der Waals surface area (Å²) in [5, 5.41) is 15.2. The van der Waals surface area contributed by atoms with Crippen LogP contribution in [0, 0.1) is 4.77 Å². The fourth-order valence-corrected chi connectivity index (χ4v) is 1.92. The van der Waals surface area contributed by atoms with E-state index in [1.165, 1.54) is 12.1 Å². The number of hydrogen-bond donors (Lipinski definition) is 2. The summed E-state index contributed by atoms with van der Waals surface area (Å²) in [6, 6.07) is 6.48. The molecule has 0 bridgehead atoms. The Morgan fingerprint density at radius 2 is 2.05 bits per heavy atom. The van der Waals surface area contributed by atoms with Crippen LogP contribution >= 0.6 is 12.2 Å². The van der Waals surface area contributed by atoms with Gasteiger partial charge in [-0.2, -0.15) is 0 Å². The number of aromatic carboxylic acids is 1. The van der Waals surface area contributed by atoms with Crippen molar-refractivity contribution in [3.8, 4) is 0 Å². The van der Waals surface area contributed by atoms with Crippen LogP contribution in [-0.4, -0.2) is 46.5 Å². The zero-order valence-corrected chi connectivity index (χ0v) is 12.1. The van der Waals surface area contributed by atoms with E-state index in [9.17, 15) is 4.79 Å². The molecule has 0 fully saturated rings. The number of nitrogens with one attached hydrogen (secondary N) is 1. The van der Waals surface area contributed by atoms with Gasteiger partial charge in [-0.05, 0) is 0 Å². The van der Waals surface area contributed by atoms with Gasteiger partial charge in [-0.15, -0.1) is 0 Å². The Morgan fingerprint density at radius 1 is 1.42 bits per heavy atom. The summed E-state index contributed by atoms with van der Waals surface area (Å²) in [6.07, 6.45) is 1.56. The minimum absolute atomic E-state index is 0.244. The molecule has 8 heteroatoms. The molecule has 0 saturated heterocycles. The first-order valence-electron chi connectivity index (χ1n) is 5.23. The van der Waals surface area contributed by atoms with Crippen LogP contribution < -0.4 is 0 Å². The molecule has 1 aromatic heterocycles. The molecule has 0 saturated carbocycles. The minimum atomic E-state index is -0.949. The molecule has 0 unspecified atom stereocenters. The molecule has 0 aliphatic rings. The van der Waals surface area contributed by atoms with Gasteiger partial charge in [-0.3, -0.25) is 0 Å². The molecule has 1 radical (unpaired) electrons. The van der Waals surface area contributed by atoms with E-state index >= 15 is 0 Å². The summed E-state index contributed by atoms with van der Waals surface area (Å²) < 4.78 is 2.86. The molecule has 0 aliphatic heterocycles. The van der Waals surface area contributed by atoms with Gasteiger partial charge >= 0.3 is 122 Å². The van der Waals surface area contributed by atoms with Gasteiger partial charge in [0.05, 0.1) is 0 Å². The van der Waals surface area contributed by atoms with Crippen molar-refractivity contribution in [1.82, 2.24) is 14.8 Å². The molecule has 19 heavy (non-hydrogen) atoms. The molecular formula is C11H9N4O2SSe. The number of rotatable bonds is 4. The predicted molar refractivity (Wildman–Crippen MR) is 73.1 cm³/mol. The molecule has 2 rings (SSSR count). The second-order valence-electron chi connectivity index (χ2n) is 3.62. The van der Waals surface area contributed by atoms with Crippen LogP contribution in [-0.2, 0) is 6.67 Å². The third-order valence-corrected chi connectivity index (χ3v) is 3.45. The van der Waals surface area contributed by atoms with E-state index in [-0.39, 0.29) is 5.56 Å². The Hall–Kier alpha value is -1.76. The van der Waals surface area contributed by atoms with E-state index in [1.54, 1.807) is 23.0 Å². The van der Waals surface area contributed by atoms with E-state index < -0.39 is 5.97 Å². The fraction of sp³-hybridized carbons (Fsp3) is 0.0909. The van der Waals surface area contributed by atoms with Crippen LogP contribution in [0.15, 0.2) is 35.6 Å². The summed E-state index contributed by atoms with van der Waals surface area (Å²) in [5.74, 6) is -0.949. The van der Waals surface area contributed by atoms with Crippen LogP contribution in [0.4, 0.5) is 0 Å². The molecule has 0 spiro atoms. The van der Waals surface area contributed by atoms with Gasteiger partial charge in [0.1, 0.15) is 0 Å². The average Bonchev–Trinajstić information content (AvgIpc) is 2.81. The molecular weight excluding hydrogens is 331 g/mol. The van der Waals surface area contributed by atoms with Crippen molar-refractivity contribution in [2.45, 2.75) is 6.67 Å². The summed E-state index contributed by atoms with van der Waals surface area (Å²) in [7, 11) is 0. The van der Waals surface area contributed by atoms with Crippen LogP contribution in [0.5, 0.6) is 0 Å². The molecule has 2 N–H and O–H groups in total. The van der Waals surface area contributed by atoms with Crippen LogP contribution in [0.25, 0.3) is 0 Å². The quantitative estimate of drug-likeness (QED) is 0.498. The summed E-state index contributed by atoms with van der Waals surface area (Å²) >= 11 is 7.85. The molecule has 0 atom stereocenters. The van der Waals surface area contributed by atoms with Crippen LogP contribution in [0.3, 0.4) is 0 Å². The third kappa shape index (κ3) is 3.37. The van der Waals surface area contributed by atoms with Crippen molar-refractivity contribution in [3.63, 3.8) is 0 Å². The molecule has 0 amide bonds. The Morgan fingerprint density at radius 3 is 2.58 bits per heavy atom. The Bertz CT molecular complexity index is 675. The normalized spacial score (nSPS) is 11.5. The van der Waals surface area contributed by atoms with E-state index in [4.69, 9.17) is 17.3 Å². The van der Waals surface area contributed by atoms with Gasteiger partial charge in [-0.1, -0.05) is 0 Å². The maximum atomic E-state index is 10.7. The van der Waals surface area contributed by atoms with Crippen molar-refractivity contribution >= 4 is 38.8 Å². The molecule has 6 nitrogen and oxygen atoms in total. The van der Waals surface area contributed by atoms with E-state index in [2.05, 4.69) is 31.2 Å². The zero-order chi connectivity index (χ0) is 13.8. The summed E-state index contributed by atoms with van der Waals surface area (Å²) in [5.41, 5.74) is 1.06. The second-order valence-corrected chi connectivity index (χ2v) is 4.82. The molecule has 1 aromatic carbocycles. The summed E-state index contributed by atoms with van der Waals surface area (Å²) in [4.78, 5) is 15.1. The van der Waals surface area contributed by atoms with E-state index in [0.29, 0.717) is 16.0 Å². The number of hydrogen-bond acceptors (Lipinski definition) is 4. The van der Waals surface area contributed by atoms with Gasteiger partial charge in [0.15, 0.2) is 0 Å². The van der Waals surface area contributed by atoms with Crippen molar-refractivity contribution < 1.29 is 9.90 Å². The average molecular weight is 340 g/mol. The van der Waals surface area contributed by atoms with Gasteiger partial charge in [0.2, 0.25) is 0 Å². The van der Waals surface area contributed by atoms with Crippen molar-refractivity contribution in [1.29, 1.82) is 0 Å². The first-order valence-corrected chi connectivity index (χ1v) is 6.49. The maximum absolute atomic E-state index is 10.7. The Labute approximate surface area is 122 Å². The number of carboxylic acid groups (broad SMARTS) is 1. The van der Waals surface area contributed by atoms with Gasteiger partial charge in [-0.25, -0.2) is 0 Å². The van der Waals surface area contributed by atoms with Crippen LogP contribution in [0.1, 0.15) is 15.9 Å². The first kappa shape index (κ1) is 13.7. The number of aromatic nitrogens is 3. The fourth-order valence-electron chi connectivity index (χ4n) is 1.36. The Kier molecular flexibility index (Phi) is 4.26. The number of nitrogens with zero attached hydrogens (tertiary/aromatic N) is 3. The van der Waals surface area contributed by atoms with Gasteiger partial charge in [0.25, 0.3) is 0 Å². The monoisotopic (exact) mass is 341 g/mol. The van der Waals surface area contributed by atoms with Crippen molar-refractivity contribution in [3.05, 3.63) is 46.5 Å². The molecule has 2 aromatic rings. The van der Waals surface area contributed by atoms with Crippen molar-refractivity contribution in [2.75, 3.05) is 0 Å². The standard InChI is InChI=1S/C11H9N4O2SSe/c16-10(17)8-3-1-7(2-4-8)9(19)12-5-15-6-13-14-11(15)18/h1-4,6H,5H2,(H,14,18)(H,16,17). The predicted octanol–water partition coefficient (Wildman–Crippen LogP) is 1.21. The summed E-state index contributed by atoms with van der Waals surface area (Å²) in [6.45, 7) is 0.346. The number of aliphatic imine (C=N–C) groups is 1. The molecule has 0 aliphatic carbocycles. The topological polar surface area (TPSA) is 83.3 Å². The number of aromatic amines is 1. The molecule has 1 heterocycles. The number of carboxylic acids is 1. The van der Waals surface area contributed by atoms with Gasteiger partial charge in [0, 0.05) is 0 Å². The number of benzene rings is 1. The van der Waals surface area contributed by atoms with Gasteiger partial charge < -0.3 is 0 Å². The van der Waals surface area contributed by atoms with E-state index in [0.717, 1.165) is 5.56 Å². The third-order valence-electron chi connectivity index (χ3n) is 2.36. The van der Waals surface area contributed by atoms with Crippen molar-refractivity contribution in [2.24, 2.45) is 4.99 Å². The molecule has 97 valence electrons. The zero-order valence-electron chi connectivity index (χ0n) is 9.61. The van der Waals surface area contributed by atoms with E-state index in [1.807, 2.05) is 0 Å². The Balaban J connectivity index is 2.15. The van der Waals surface area contributed by atoms with Crippen LogP contribution in [0.2, 0.25) is 0 Å². The number of H-pyrrole nitrogens is 1. The first-order chi connectivity index (χ1) is 9.08. The number of carbonyl (C=O) groups is 1. The SMILES string of the molecule is O=C(O)c1ccc(C([Se])=NCn2cn[nH]c2=S)cc1.